The summed E-state index contributed by atoms with van der Waals surface area (Å²) in [4.78, 5) is 10.6. The predicted octanol–water partition coefficient (Wildman–Crippen LogP) is 1.31. The Hall–Kier alpha value is -0.490. The molecule has 0 aromatic carbocycles. The normalized spacial score (nSPS) is 13.8. The van der Waals surface area contributed by atoms with E-state index in [-0.39, 0.29) is 13.2 Å². The van der Waals surface area contributed by atoms with Gasteiger partial charge in [0.25, 0.3) is 0 Å². The molecule has 0 radical (unpaired) electrons. The maximum atomic E-state index is 11.7. The van der Waals surface area contributed by atoms with Crippen LogP contribution in [0.2, 0.25) is 0 Å². The molecule has 0 aliphatic heterocycles. The van der Waals surface area contributed by atoms with Crippen LogP contribution in [0.15, 0.2) is 0 Å². The second-order valence-corrected chi connectivity index (χ2v) is 3.27. The average molecular weight is 234 g/mol. The number of nitrogens with one attached hydrogen (secondary N) is 1. The van der Waals surface area contributed by atoms with Crippen molar-refractivity contribution in [1.29, 1.82) is 0 Å². The third kappa shape index (κ3) is 8.12. The molecular weight excluding hydrogens is 223 g/mol. The highest BCUT2D eigenvalue weighted by atomic mass is 35.5. The minimum Gasteiger partial charge on any atom is -0.383 e. The van der Waals surface area contributed by atoms with Gasteiger partial charge in [-0.15, -0.1) is 11.6 Å². The highest BCUT2D eigenvalue weighted by Gasteiger charge is 2.31. The smallest absolute Gasteiger partial charge is 0.383 e. The van der Waals surface area contributed by atoms with Gasteiger partial charge in [0, 0.05) is 13.7 Å². The molecule has 3 nitrogen and oxygen atoms in total. The second kappa shape index (κ2) is 6.08. The van der Waals surface area contributed by atoms with Crippen LogP contribution in [0.5, 0.6) is 0 Å². The van der Waals surface area contributed by atoms with Gasteiger partial charge < -0.3 is 10.1 Å². The summed E-state index contributed by atoms with van der Waals surface area (Å²) in [6.07, 6.45) is -5.96. The summed E-state index contributed by atoms with van der Waals surface area (Å²) in [7, 11) is 1.41. The van der Waals surface area contributed by atoms with Crippen LogP contribution >= 0.6 is 11.6 Å². The lowest BCUT2D eigenvalue weighted by Gasteiger charge is -2.10. The Morgan fingerprint density at radius 2 is 2.14 bits per heavy atom. The molecule has 1 amide bonds. The number of carbonyl (C=O) groups is 1. The minimum atomic E-state index is -4.48. The summed E-state index contributed by atoms with van der Waals surface area (Å²) in [6, 6.07) is 0. The second-order valence-electron chi connectivity index (χ2n) is 2.65. The molecule has 1 atom stereocenters. The van der Waals surface area contributed by atoms with Crippen molar-refractivity contribution in [3.63, 3.8) is 0 Å². The molecule has 0 rings (SSSR count). The molecule has 0 heterocycles. The summed E-state index contributed by atoms with van der Waals surface area (Å²) in [5, 5.41) is 1.54. The molecule has 0 aliphatic rings. The standard InChI is InChI=1S/C7H11ClF3NO2/c1-14-4-5(8)3-12-6(13)2-7(9,10)11/h5H,2-4H2,1H3,(H,12,13). The van der Waals surface area contributed by atoms with Crippen molar-refractivity contribution in [3.05, 3.63) is 0 Å². The number of rotatable bonds is 5. The first kappa shape index (κ1) is 13.5. The largest absolute Gasteiger partial charge is 0.397 e. The third-order valence-electron chi connectivity index (χ3n) is 1.23. The highest BCUT2D eigenvalue weighted by molar-refractivity contribution is 6.21. The molecule has 0 aromatic rings. The van der Waals surface area contributed by atoms with Crippen molar-refractivity contribution < 1.29 is 22.7 Å². The summed E-state index contributed by atoms with van der Waals surface area (Å²) < 4.78 is 39.6. The Kier molecular flexibility index (Phi) is 5.87. The van der Waals surface area contributed by atoms with E-state index in [0.717, 1.165) is 0 Å². The molecule has 0 fully saturated rings. The number of ether oxygens (including phenoxy) is 1. The average Bonchev–Trinajstić information content (AvgIpc) is 1.98. The molecule has 14 heavy (non-hydrogen) atoms. The Morgan fingerprint density at radius 1 is 1.57 bits per heavy atom. The van der Waals surface area contributed by atoms with Gasteiger partial charge in [-0.05, 0) is 0 Å². The number of hydrogen-bond acceptors (Lipinski definition) is 2. The number of halogens is 4. The van der Waals surface area contributed by atoms with E-state index in [2.05, 4.69) is 10.1 Å². The third-order valence-corrected chi connectivity index (χ3v) is 1.51. The summed E-state index contributed by atoms with van der Waals surface area (Å²) in [5.41, 5.74) is 0. The number of alkyl halides is 4. The Bertz CT molecular complexity index is 186. The van der Waals surface area contributed by atoms with Crippen LogP contribution in [0.25, 0.3) is 0 Å². The van der Waals surface area contributed by atoms with Gasteiger partial charge in [0.2, 0.25) is 5.91 Å². The van der Waals surface area contributed by atoms with Gasteiger partial charge >= 0.3 is 6.18 Å². The zero-order valence-electron chi connectivity index (χ0n) is 7.53. The zero-order chi connectivity index (χ0) is 11.2. The molecule has 84 valence electrons. The maximum absolute atomic E-state index is 11.7. The number of hydrogen-bond donors (Lipinski definition) is 1. The molecule has 0 saturated heterocycles. The molecular formula is C7H11ClF3NO2. The van der Waals surface area contributed by atoms with Crippen molar-refractivity contribution in [2.24, 2.45) is 0 Å². The first-order chi connectivity index (χ1) is 6.35. The van der Waals surface area contributed by atoms with Crippen LogP contribution in [0.1, 0.15) is 6.42 Å². The fourth-order valence-corrected chi connectivity index (χ4v) is 0.912. The van der Waals surface area contributed by atoms with Gasteiger partial charge in [-0.2, -0.15) is 13.2 Å². The molecule has 0 saturated carbocycles. The van der Waals surface area contributed by atoms with Crippen molar-refractivity contribution in [1.82, 2.24) is 5.32 Å². The van der Waals surface area contributed by atoms with Crippen LogP contribution in [0.3, 0.4) is 0 Å². The quantitative estimate of drug-likeness (QED) is 0.727. The minimum absolute atomic E-state index is 0.0374. The van der Waals surface area contributed by atoms with E-state index in [1.807, 2.05) is 0 Å². The predicted molar refractivity (Wildman–Crippen MR) is 45.2 cm³/mol. The molecule has 7 heteroatoms. The number of methoxy groups -OCH3 is 1. The fraction of sp³-hybridized carbons (Fsp3) is 0.857. The summed E-state index contributed by atoms with van der Waals surface area (Å²) in [6.45, 7) is 0.137. The van der Waals surface area contributed by atoms with Crippen LogP contribution in [-0.2, 0) is 9.53 Å². The SMILES string of the molecule is COCC(Cl)CNC(=O)CC(F)(F)F. The Labute approximate surface area is 84.6 Å². The molecule has 0 aromatic heterocycles. The van der Waals surface area contributed by atoms with E-state index in [1.54, 1.807) is 0 Å². The van der Waals surface area contributed by atoms with Crippen LogP contribution in [0, 0.1) is 0 Å². The van der Waals surface area contributed by atoms with E-state index in [0.29, 0.717) is 0 Å². The van der Waals surface area contributed by atoms with Crippen LogP contribution < -0.4 is 5.32 Å². The molecule has 1 unspecified atom stereocenters. The van der Waals surface area contributed by atoms with Gasteiger partial charge in [-0.1, -0.05) is 0 Å². The molecule has 0 spiro atoms. The summed E-state index contributed by atoms with van der Waals surface area (Å²) >= 11 is 5.58. The van der Waals surface area contributed by atoms with Gasteiger partial charge in [0.05, 0.1) is 12.0 Å². The molecule has 1 N–H and O–H groups in total. The monoisotopic (exact) mass is 233 g/mol. The van der Waals surface area contributed by atoms with Crippen molar-refractivity contribution in [2.75, 3.05) is 20.3 Å². The van der Waals surface area contributed by atoms with E-state index >= 15 is 0 Å². The zero-order valence-corrected chi connectivity index (χ0v) is 8.28. The first-order valence-electron chi connectivity index (χ1n) is 3.81. The number of amides is 1. The first-order valence-corrected chi connectivity index (χ1v) is 4.25. The molecule has 0 bridgehead atoms. The Balaban J connectivity index is 3.64. The lowest BCUT2D eigenvalue weighted by Crippen LogP contribution is -2.34. The van der Waals surface area contributed by atoms with Crippen molar-refractivity contribution in [2.45, 2.75) is 18.0 Å². The highest BCUT2D eigenvalue weighted by Crippen LogP contribution is 2.18. The van der Waals surface area contributed by atoms with Crippen LogP contribution in [0.4, 0.5) is 13.2 Å². The van der Waals surface area contributed by atoms with Gasteiger partial charge in [-0.3, -0.25) is 4.79 Å². The maximum Gasteiger partial charge on any atom is 0.397 e. The Morgan fingerprint density at radius 3 is 2.57 bits per heavy atom. The lowest BCUT2D eigenvalue weighted by atomic mass is 10.3. The summed E-state index contributed by atoms with van der Waals surface area (Å²) in [5.74, 6) is -1.08. The van der Waals surface area contributed by atoms with Crippen LogP contribution in [-0.4, -0.2) is 37.7 Å². The van der Waals surface area contributed by atoms with E-state index < -0.39 is 23.9 Å². The number of carbonyl (C=O) groups excluding carboxylic acids is 1. The lowest BCUT2D eigenvalue weighted by molar-refractivity contribution is -0.153. The van der Waals surface area contributed by atoms with Crippen molar-refractivity contribution >= 4 is 17.5 Å². The van der Waals surface area contributed by atoms with E-state index in [4.69, 9.17) is 11.6 Å². The van der Waals surface area contributed by atoms with Gasteiger partial charge in [0.15, 0.2) is 0 Å². The van der Waals surface area contributed by atoms with Crippen molar-refractivity contribution in [3.8, 4) is 0 Å². The van der Waals surface area contributed by atoms with Gasteiger partial charge in [-0.25, -0.2) is 0 Å². The fourth-order valence-electron chi connectivity index (χ4n) is 0.709. The topological polar surface area (TPSA) is 38.3 Å². The molecule has 0 aliphatic carbocycles. The van der Waals surface area contributed by atoms with E-state index in [1.165, 1.54) is 7.11 Å². The van der Waals surface area contributed by atoms with E-state index in [9.17, 15) is 18.0 Å². The van der Waals surface area contributed by atoms with Gasteiger partial charge in [0.1, 0.15) is 6.42 Å².